The van der Waals surface area contributed by atoms with Crippen molar-refractivity contribution in [3.8, 4) is 0 Å². The van der Waals surface area contributed by atoms with Crippen LogP contribution >= 0.6 is 11.8 Å². The van der Waals surface area contributed by atoms with E-state index in [4.69, 9.17) is 0 Å². The molecule has 2 aromatic carbocycles. The van der Waals surface area contributed by atoms with Crippen molar-refractivity contribution in [2.24, 2.45) is 0 Å². The van der Waals surface area contributed by atoms with Gasteiger partial charge in [0.25, 0.3) is 11.8 Å². The van der Waals surface area contributed by atoms with Crippen LogP contribution in [-0.4, -0.2) is 81.4 Å². The van der Waals surface area contributed by atoms with Crippen molar-refractivity contribution >= 4 is 45.5 Å². The fourth-order valence-electron chi connectivity index (χ4n) is 6.23. The molecular formula is C36H46F6N6O6S2. The number of fused-ring (bicyclic) bond motifs is 1. The summed E-state index contributed by atoms with van der Waals surface area (Å²) in [7, 11) is -3.99. The third kappa shape index (κ3) is 13.9. The average Bonchev–Trinajstić information content (AvgIpc) is 3.70. The average molecular weight is 837 g/mol. The zero-order valence-electron chi connectivity index (χ0n) is 30.4. The monoisotopic (exact) mass is 836 g/mol. The molecule has 0 saturated carbocycles. The Morgan fingerprint density at radius 2 is 1.30 bits per heavy atom. The summed E-state index contributed by atoms with van der Waals surface area (Å²) in [5, 5.41) is 14.2. The molecule has 2 heterocycles. The number of hydrogen-bond acceptors (Lipinski definition) is 7. The predicted molar refractivity (Wildman–Crippen MR) is 197 cm³/mol. The van der Waals surface area contributed by atoms with Crippen LogP contribution in [-0.2, 0) is 27.2 Å². The van der Waals surface area contributed by atoms with E-state index < -0.39 is 50.9 Å². The summed E-state index contributed by atoms with van der Waals surface area (Å²) in [5.74, 6) is -0.658. The molecule has 56 heavy (non-hydrogen) atoms. The smallest absolute Gasteiger partial charge is 0.356 e. The van der Waals surface area contributed by atoms with Crippen LogP contribution in [0.4, 0.5) is 31.1 Å². The maximum Gasteiger partial charge on any atom is 0.416 e. The van der Waals surface area contributed by atoms with Crippen molar-refractivity contribution in [3.05, 3.63) is 64.7 Å². The van der Waals surface area contributed by atoms with E-state index in [9.17, 15) is 53.9 Å². The molecule has 0 unspecified atom stereocenters. The van der Waals surface area contributed by atoms with E-state index in [1.165, 1.54) is 24.3 Å². The second kappa shape index (κ2) is 20.4. The van der Waals surface area contributed by atoms with Crippen molar-refractivity contribution in [2.45, 2.75) is 98.8 Å². The minimum Gasteiger partial charge on any atom is -0.356 e. The van der Waals surface area contributed by atoms with Crippen LogP contribution in [0.2, 0.25) is 0 Å². The molecule has 4 rings (SSSR count). The molecule has 0 spiro atoms. The van der Waals surface area contributed by atoms with Crippen LogP contribution in [0.25, 0.3) is 0 Å². The van der Waals surface area contributed by atoms with Gasteiger partial charge in [-0.25, -0.2) is 17.9 Å². The summed E-state index contributed by atoms with van der Waals surface area (Å²) in [6.07, 6.45) is -4.00. The van der Waals surface area contributed by atoms with Gasteiger partial charge in [0.1, 0.15) is 0 Å². The molecule has 2 aromatic rings. The maximum atomic E-state index is 13.1. The van der Waals surface area contributed by atoms with Gasteiger partial charge in [0.15, 0.2) is 0 Å². The summed E-state index contributed by atoms with van der Waals surface area (Å²) in [6, 6.07) is 6.36. The van der Waals surface area contributed by atoms with Crippen LogP contribution in [0.1, 0.15) is 96.1 Å². The van der Waals surface area contributed by atoms with Crippen molar-refractivity contribution < 1.29 is 53.9 Å². The molecule has 2 saturated heterocycles. The molecule has 0 bridgehead atoms. The summed E-state index contributed by atoms with van der Waals surface area (Å²) in [6.45, 7) is 0.805. The van der Waals surface area contributed by atoms with Crippen molar-refractivity contribution in [3.63, 3.8) is 0 Å². The van der Waals surface area contributed by atoms with Gasteiger partial charge in [-0.2, -0.15) is 38.1 Å². The lowest BCUT2D eigenvalue weighted by atomic mass is 10.0. The highest BCUT2D eigenvalue weighted by molar-refractivity contribution is 8.00. The Morgan fingerprint density at radius 1 is 0.714 bits per heavy atom. The van der Waals surface area contributed by atoms with Crippen LogP contribution in [0.5, 0.6) is 0 Å². The number of urea groups is 1. The number of halogens is 6. The van der Waals surface area contributed by atoms with Gasteiger partial charge in [0, 0.05) is 54.7 Å². The topological polar surface area (TPSA) is 175 Å². The lowest BCUT2D eigenvalue weighted by Gasteiger charge is -2.16. The lowest BCUT2D eigenvalue weighted by Crippen LogP contribution is -2.36. The van der Waals surface area contributed by atoms with Gasteiger partial charge in [-0.05, 0) is 81.3 Å². The lowest BCUT2D eigenvalue weighted by molar-refractivity contribution is -0.143. The second-order valence-electron chi connectivity index (χ2n) is 13.6. The first-order valence-electron chi connectivity index (χ1n) is 18.3. The number of hydrogen-bond donors (Lipinski definition) is 6. The Hall–Kier alpha value is -4.04. The minimum absolute atomic E-state index is 0.00379. The maximum absolute atomic E-state index is 13.1. The van der Waals surface area contributed by atoms with E-state index in [-0.39, 0.29) is 60.1 Å². The van der Waals surface area contributed by atoms with Crippen molar-refractivity contribution in [2.75, 3.05) is 31.9 Å². The highest BCUT2D eigenvalue weighted by atomic mass is 32.2. The van der Waals surface area contributed by atoms with Crippen LogP contribution in [0.15, 0.2) is 47.4 Å². The number of amides is 5. The molecule has 6 N–H and O–H groups in total. The number of thioether (sulfide) groups is 1. The molecule has 310 valence electrons. The van der Waals surface area contributed by atoms with Gasteiger partial charge in [-0.15, -0.1) is 0 Å². The van der Waals surface area contributed by atoms with Crippen LogP contribution in [0, 0.1) is 0 Å². The summed E-state index contributed by atoms with van der Waals surface area (Å²) < 4.78 is 106. The van der Waals surface area contributed by atoms with Gasteiger partial charge in [0.05, 0.1) is 28.1 Å². The van der Waals surface area contributed by atoms with Crippen molar-refractivity contribution in [1.29, 1.82) is 0 Å². The highest BCUT2D eigenvalue weighted by Gasteiger charge is 2.42. The van der Waals surface area contributed by atoms with Gasteiger partial charge in [0.2, 0.25) is 15.9 Å². The van der Waals surface area contributed by atoms with Gasteiger partial charge in [-0.3, -0.25) is 14.4 Å². The largest absolute Gasteiger partial charge is 0.416 e. The Kier molecular flexibility index (Phi) is 16.3. The molecular weight excluding hydrogens is 791 g/mol. The summed E-state index contributed by atoms with van der Waals surface area (Å²) in [4.78, 5) is 48.5. The Labute approximate surface area is 325 Å². The van der Waals surface area contributed by atoms with Crippen molar-refractivity contribution in [1.82, 2.24) is 31.3 Å². The molecule has 0 aliphatic carbocycles. The van der Waals surface area contributed by atoms with Gasteiger partial charge in [-0.1, -0.05) is 18.9 Å². The Balaban J connectivity index is 1.05. The fourth-order valence-corrected chi connectivity index (χ4v) is 8.90. The van der Waals surface area contributed by atoms with E-state index in [1.54, 1.807) is 0 Å². The first-order chi connectivity index (χ1) is 26.4. The third-order valence-corrected chi connectivity index (χ3v) is 12.2. The first kappa shape index (κ1) is 44.7. The van der Waals surface area contributed by atoms with E-state index in [1.807, 2.05) is 11.8 Å². The van der Waals surface area contributed by atoms with Gasteiger partial charge >= 0.3 is 18.4 Å². The highest BCUT2D eigenvalue weighted by Crippen LogP contribution is 2.36. The number of nitrogens with one attached hydrogen (secondary N) is 6. The number of carbonyl (C=O) groups excluding carboxylic acids is 4. The summed E-state index contributed by atoms with van der Waals surface area (Å²) in [5.41, 5.74) is -3.84. The van der Waals surface area contributed by atoms with Crippen LogP contribution < -0.4 is 31.3 Å². The zero-order chi connectivity index (χ0) is 40.9. The molecule has 2 fully saturated rings. The standard InChI is InChI=1S/C36H46F6N6O6S2/c37-35(38,39)25-18-24(19-26(21-25)36(40,41)42)33(51)45-16-7-2-8-17-46-56(53,54)27-11-9-10-23(20-27)32(50)44-15-6-1-5-14-43-30(49)13-4-3-12-29-31-28(22-55-29)47-34(52)48-31/h9-11,18-21,28-29,31,46H,1-8,12-17,22H2,(H,43,49)(H,44,50)(H,45,51)(H2,47,48,52)/t28-,29-,31-/m0/s1. The minimum atomic E-state index is -5.08. The number of unbranched alkanes of at least 4 members (excludes halogenated alkanes) is 5. The molecule has 2 aliphatic heterocycles. The number of benzene rings is 2. The fraction of sp³-hybridized carbons (Fsp3) is 0.556. The molecule has 0 aromatic heterocycles. The molecule has 2 aliphatic rings. The third-order valence-electron chi connectivity index (χ3n) is 9.23. The Morgan fingerprint density at radius 3 is 1.93 bits per heavy atom. The van der Waals surface area contributed by atoms with E-state index >= 15 is 0 Å². The number of rotatable bonds is 21. The molecule has 0 radical (unpaired) electrons. The Bertz CT molecular complexity index is 1760. The summed E-state index contributed by atoms with van der Waals surface area (Å²) >= 11 is 1.85. The first-order valence-corrected chi connectivity index (χ1v) is 20.9. The molecule has 12 nitrogen and oxygen atoms in total. The quantitative estimate of drug-likeness (QED) is 0.0559. The van der Waals surface area contributed by atoms with Crippen LogP contribution in [0.3, 0.4) is 0 Å². The number of alkyl halides is 6. The predicted octanol–water partition coefficient (Wildman–Crippen LogP) is 5.34. The van der Waals surface area contributed by atoms with E-state index in [0.717, 1.165) is 37.9 Å². The van der Waals surface area contributed by atoms with Gasteiger partial charge < -0.3 is 26.6 Å². The second-order valence-corrected chi connectivity index (χ2v) is 16.6. The zero-order valence-corrected chi connectivity index (χ0v) is 32.0. The van der Waals surface area contributed by atoms with E-state index in [0.29, 0.717) is 56.2 Å². The normalized spacial score (nSPS) is 18.2. The number of carbonyl (C=O) groups is 4. The molecule has 5 amide bonds. The SMILES string of the molecule is O=C(CCCC[C@@H]1SC[C@@H]2NC(=O)N[C@@H]21)NCCCCCNC(=O)c1cccc(S(=O)(=O)NCCCCCNC(=O)c2cc(C(F)(F)F)cc(C(F)(F)F)c2)c1. The molecule has 20 heteroatoms. The molecule has 3 atom stereocenters. The number of sulfonamides is 1. The van der Waals surface area contributed by atoms with E-state index in [2.05, 4.69) is 31.3 Å².